The molecular weight excluding hydrogens is 260 g/mol. The molecule has 2 atom stereocenters. The fraction of sp³-hybridized carbons (Fsp3) is 0.333. The molecule has 3 rings (SSSR count). The number of carbonyl (C=O) groups excluding carboxylic acids is 1. The second-order valence-corrected chi connectivity index (χ2v) is 5.47. The summed E-state index contributed by atoms with van der Waals surface area (Å²) in [6.45, 7) is 0. The van der Waals surface area contributed by atoms with Gasteiger partial charge in [-0.05, 0) is 30.7 Å². The van der Waals surface area contributed by atoms with Crippen molar-refractivity contribution in [2.24, 2.45) is 0 Å². The monoisotopic (exact) mass is 274 g/mol. The van der Waals surface area contributed by atoms with Crippen LogP contribution in [-0.2, 0) is 0 Å². The molecule has 0 bridgehead atoms. The molecule has 3 nitrogen and oxygen atoms in total. The summed E-state index contributed by atoms with van der Waals surface area (Å²) in [4.78, 5) is 16.5. The molecule has 1 heterocycles. The van der Waals surface area contributed by atoms with Gasteiger partial charge in [0.25, 0.3) is 5.91 Å². The number of amides is 1. The van der Waals surface area contributed by atoms with E-state index in [4.69, 9.17) is 11.6 Å². The second-order valence-electron chi connectivity index (χ2n) is 4.91. The van der Waals surface area contributed by atoms with Crippen molar-refractivity contribution in [1.82, 2.24) is 10.3 Å². The van der Waals surface area contributed by atoms with Crippen LogP contribution in [-0.4, -0.2) is 22.3 Å². The smallest absolute Gasteiger partial charge is 0.270 e. The lowest BCUT2D eigenvalue weighted by Gasteiger charge is -2.16. The van der Waals surface area contributed by atoms with Crippen LogP contribution in [0.5, 0.6) is 0 Å². The summed E-state index contributed by atoms with van der Waals surface area (Å²) in [6.07, 6.45) is 4.66. The summed E-state index contributed by atoms with van der Waals surface area (Å²) >= 11 is 6.19. The summed E-state index contributed by atoms with van der Waals surface area (Å²) in [5.41, 5.74) is 0.480. The van der Waals surface area contributed by atoms with Gasteiger partial charge in [-0.1, -0.05) is 24.3 Å². The molecule has 1 aromatic carbocycles. The van der Waals surface area contributed by atoms with Crippen LogP contribution in [0.4, 0.5) is 0 Å². The summed E-state index contributed by atoms with van der Waals surface area (Å²) in [6, 6.07) is 9.75. The summed E-state index contributed by atoms with van der Waals surface area (Å²) < 4.78 is 0. The van der Waals surface area contributed by atoms with Gasteiger partial charge >= 0.3 is 0 Å². The van der Waals surface area contributed by atoms with Crippen molar-refractivity contribution in [3.8, 4) is 0 Å². The third-order valence-electron chi connectivity index (χ3n) is 3.64. The number of halogens is 1. The number of rotatable bonds is 2. The zero-order valence-electron chi connectivity index (χ0n) is 10.5. The number of benzene rings is 1. The largest absolute Gasteiger partial charge is 0.346 e. The molecule has 0 saturated heterocycles. The van der Waals surface area contributed by atoms with E-state index in [1.165, 1.54) is 0 Å². The minimum Gasteiger partial charge on any atom is -0.346 e. The number of hydrogen-bond acceptors (Lipinski definition) is 2. The van der Waals surface area contributed by atoms with Gasteiger partial charge in [-0.2, -0.15) is 0 Å². The molecule has 1 aromatic heterocycles. The minimum atomic E-state index is -0.130. The van der Waals surface area contributed by atoms with E-state index in [0.717, 1.165) is 30.0 Å². The first kappa shape index (κ1) is 12.4. The summed E-state index contributed by atoms with van der Waals surface area (Å²) in [5.74, 6) is -0.130. The van der Waals surface area contributed by atoms with E-state index >= 15 is 0 Å². The van der Waals surface area contributed by atoms with Crippen LogP contribution in [0.2, 0.25) is 0 Å². The summed E-state index contributed by atoms with van der Waals surface area (Å²) in [5, 5.41) is 4.95. The molecule has 0 aliphatic heterocycles. The Morgan fingerprint density at radius 3 is 2.89 bits per heavy atom. The van der Waals surface area contributed by atoms with Gasteiger partial charge in [-0.15, -0.1) is 11.6 Å². The van der Waals surface area contributed by atoms with Gasteiger partial charge in [0.05, 0.1) is 5.38 Å². The Hall–Kier alpha value is -1.61. The number of alkyl halides is 1. The van der Waals surface area contributed by atoms with Crippen LogP contribution in [0.1, 0.15) is 29.8 Å². The maximum atomic E-state index is 12.3. The molecule has 2 aromatic rings. The predicted octanol–water partition coefficient (Wildman–Crippen LogP) is 3.12. The van der Waals surface area contributed by atoms with Crippen LogP contribution in [0.25, 0.3) is 10.8 Å². The topological polar surface area (TPSA) is 42.0 Å². The fourth-order valence-corrected chi connectivity index (χ4v) is 2.96. The van der Waals surface area contributed by atoms with Gasteiger partial charge in [-0.25, -0.2) is 0 Å². The van der Waals surface area contributed by atoms with Crippen molar-refractivity contribution in [3.63, 3.8) is 0 Å². The number of carbonyl (C=O) groups is 1. The van der Waals surface area contributed by atoms with Crippen molar-refractivity contribution >= 4 is 28.3 Å². The van der Waals surface area contributed by atoms with Gasteiger partial charge in [0.1, 0.15) is 5.69 Å². The number of nitrogens with zero attached hydrogens (tertiary/aromatic N) is 1. The Morgan fingerprint density at radius 1 is 1.26 bits per heavy atom. The molecule has 1 saturated carbocycles. The standard InChI is InChI=1S/C15H15ClN2O/c16-12-6-3-7-13(12)18-15(19)14-11-5-2-1-4-10(11)8-9-17-14/h1-2,4-5,8-9,12-13H,3,6-7H2,(H,18,19). The normalized spacial score (nSPS) is 22.6. The van der Waals surface area contributed by atoms with E-state index in [-0.39, 0.29) is 17.3 Å². The van der Waals surface area contributed by atoms with E-state index in [1.54, 1.807) is 6.20 Å². The van der Waals surface area contributed by atoms with Crippen molar-refractivity contribution in [2.75, 3.05) is 0 Å². The number of pyridine rings is 1. The first-order valence-electron chi connectivity index (χ1n) is 6.54. The Balaban J connectivity index is 1.89. The zero-order chi connectivity index (χ0) is 13.2. The van der Waals surface area contributed by atoms with Crippen molar-refractivity contribution in [2.45, 2.75) is 30.7 Å². The molecule has 1 aliphatic carbocycles. The first-order chi connectivity index (χ1) is 9.25. The van der Waals surface area contributed by atoms with Gasteiger partial charge in [-0.3, -0.25) is 9.78 Å². The molecule has 98 valence electrons. The van der Waals surface area contributed by atoms with Crippen LogP contribution >= 0.6 is 11.6 Å². The molecule has 4 heteroatoms. The maximum Gasteiger partial charge on any atom is 0.270 e. The van der Waals surface area contributed by atoms with E-state index in [2.05, 4.69) is 10.3 Å². The van der Waals surface area contributed by atoms with Crippen molar-refractivity contribution < 1.29 is 4.79 Å². The lowest BCUT2D eigenvalue weighted by atomic mass is 10.1. The van der Waals surface area contributed by atoms with Crippen molar-refractivity contribution in [1.29, 1.82) is 0 Å². The quantitative estimate of drug-likeness (QED) is 0.855. The van der Waals surface area contributed by atoms with Crippen LogP contribution in [0.3, 0.4) is 0 Å². The average Bonchev–Trinajstić information content (AvgIpc) is 2.83. The number of aromatic nitrogens is 1. The van der Waals surface area contributed by atoms with Crippen LogP contribution < -0.4 is 5.32 Å². The highest BCUT2D eigenvalue weighted by Crippen LogP contribution is 2.24. The Bertz CT molecular complexity index is 609. The predicted molar refractivity (Wildman–Crippen MR) is 76.5 cm³/mol. The van der Waals surface area contributed by atoms with Crippen LogP contribution in [0, 0.1) is 0 Å². The van der Waals surface area contributed by atoms with Gasteiger partial charge in [0, 0.05) is 17.6 Å². The number of fused-ring (bicyclic) bond motifs is 1. The molecule has 1 amide bonds. The molecule has 1 fully saturated rings. The minimum absolute atomic E-state index is 0.0407. The first-order valence-corrected chi connectivity index (χ1v) is 6.98. The van der Waals surface area contributed by atoms with Crippen molar-refractivity contribution in [3.05, 3.63) is 42.2 Å². The second kappa shape index (κ2) is 5.17. The maximum absolute atomic E-state index is 12.3. The van der Waals surface area contributed by atoms with Gasteiger partial charge < -0.3 is 5.32 Å². The highest BCUT2D eigenvalue weighted by Gasteiger charge is 2.27. The zero-order valence-corrected chi connectivity index (χ0v) is 11.2. The summed E-state index contributed by atoms with van der Waals surface area (Å²) in [7, 11) is 0. The lowest BCUT2D eigenvalue weighted by Crippen LogP contribution is -2.38. The fourth-order valence-electron chi connectivity index (χ4n) is 2.61. The Morgan fingerprint density at radius 2 is 2.11 bits per heavy atom. The van der Waals surface area contributed by atoms with Gasteiger partial charge in [0.15, 0.2) is 0 Å². The van der Waals surface area contributed by atoms with E-state index in [9.17, 15) is 4.79 Å². The van der Waals surface area contributed by atoms with Gasteiger partial charge in [0.2, 0.25) is 0 Å². The highest BCUT2D eigenvalue weighted by atomic mass is 35.5. The molecule has 1 aliphatic rings. The number of nitrogens with one attached hydrogen (secondary N) is 1. The molecule has 19 heavy (non-hydrogen) atoms. The average molecular weight is 275 g/mol. The molecule has 2 unspecified atom stereocenters. The van der Waals surface area contributed by atoms with Crippen LogP contribution in [0.15, 0.2) is 36.5 Å². The molecular formula is C15H15ClN2O. The van der Waals surface area contributed by atoms with E-state index in [1.807, 2.05) is 30.3 Å². The third kappa shape index (κ3) is 2.43. The molecule has 0 spiro atoms. The SMILES string of the molecule is O=C(NC1CCCC1Cl)c1nccc2ccccc12. The number of hydrogen-bond donors (Lipinski definition) is 1. The molecule has 0 radical (unpaired) electrons. The lowest BCUT2D eigenvalue weighted by molar-refractivity contribution is 0.0935. The Kier molecular flexibility index (Phi) is 3.38. The van der Waals surface area contributed by atoms with E-state index < -0.39 is 0 Å². The third-order valence-corrected chi connectivity index (χ3v) is 4.16. The highest BCUT2D eigenvalue weighted by molar-refractivity contribution is 6.21. The van der Waals surface area contributed by atoms with E-state index in [0.29, 0.717) is 5.69 Å². The molecule has 1 N–H and O–H groups in total. The Labute approximate surface area is 117 Å².